The topological polar surface area (TPSA) is 38.5 Å². The van der Waals surface area contributed by atoms with E-state index in [2.05, 4.69) is 4.74 Å². The molecule has 19 heavy (non-hydrogen) atoms. The Morgan fingerprint density at radius 1 is 1.32 bits per heavy atom. The number of nitrogen functional groups attached to an aromatic ring is 1. The van der Waals surface area contributed by atoms with Gasteiger partial charge in [0.1, 0.15) is 0 Å². The van der Waals surface area contributed by atoms with Crippen LogP contribution in [0.3, 0.4) is 0 Å². The van der Waals surface area contributed by atoms with Crippen molar-refractivity contribution in [3.63, 3.8) is 0 Å². The summed E-state index contributed by atoms with van der Waals surface area (Å²) in [5, 5.41) is 0. The summed E-state index contributed by atoms with van der Waals surface area (Å²) in [4.78, 5) is 1.92. The molecule has 0 aliphatic heterocycles. The van der Waals surface area contributed by atoms with Crippen molar-refractivity contribution in [2.45, 2.75) is 39.8 Å². The Morgan fingerprint density at radius 3 is 2.42 bits per heavy atom. The largest absolute Gasteiger partial charge is 0.432 e. The Balaban J connectivity index is 3.17. The molecule has 0 spiro atoms. The van der Waals surface area contributed by atoms with Gasteiger partial charge in [-0.25, -0.2) is 4.39 Å². The molecule has 0 unspecified atom stereocenters. The van der Waals surface area contributed by atoms with E-state index in [9.17, 15) is 13.2 Å². The third-order valence-electron chi connectivity index (χ3n) is 2.69. The molecule has 6 heteroatoms. The Hall–Kier alpha value is -1.59. The van der Waals surface area contributed by atoms with Crippen molar-refractivity contribution in [2.24, 2.45) is 0 Å². The van der Waals surface area contributed by atoms with Gasteiger partial charge in [-0.15, -0.1) is 0 Å². The van der Waals surface area contributed by atoms with E-state index in [1.807, 2.05) is 25.7 Å². The second kappa shape index (κ2) is 6.54. The average Bonchev–Trinajstić information content (AvgIpc) is 2.29. The molecule has 0 saturated heterocycles. The molecule has 108 valence electrons. The maximum Gasteiger partial charge on any atom is 0.387 e. The summed E-state index contributed by atoms with van der Waals surface area (Å²) >= 11 is 0. The van der Waals surface area contributed by atoms with Crippen LogP contribution in [-0.4, -0.2) is 19.2 Å². The number of rotatable bonds is 6. The van der Waals surface area contributed by atoms with Crippen LogP contribution in [0.15, 0.2) is 12.1 Å². The van der Waals surface area contributed by atoms with E-state index < -0.39 is 18.2 Å². The average molecular weight is 276 g/mol. The summed E-state index contributed by atoms with van der Waals surface area (Å²) in [6, 6.07) is 2.36. The molecule has 0 radical (unpaired) electrons. The minimum Gasteiger partial charge on any atom is -0.432 e. The number of hydrogen-bond acceptors (Lipinski definition) is 3. The maximum atomic E-state index is 13.5. The highest BCUT2D eigenvalue weighted by Crippen LogP contribution is 2.33. The number of halogens is 3. The smallest absolute Gasteiger partial charge is 0.387 e. The van der Waals surface area contributed by atoms with Gasteiger partial charge in [0.25, 0.3) is 0 Å². The molecule has 1 aromatic carbocycles. The highest BCUT2D eigenvalue weighted by Gasteiger charge is 2.18. The van der Waals surface area contributed by atoms with Crippen LogP contribution >= 0.6 is 0 Å². The molecule has 0 aromatic heterocycles. The molecule has 0 fully saturated rings. The van der Waals surface area contributed by atoms with E-state index in [1.54, 1.807) is 0 Å². The first-order valence-electron chi connectivity index (χ1n) is 6.17. The first kappa shape index (κ1) is 15.5. The molecule has 0 aliphatic carbocycles. The van der Waals surface area contributed by atoms with Crippen molar-refractivity contribution in [2.75, 3.05) is 17.2 Å². The van der Waals surface area contributed by atoms with Gasteiger partial charge in [0, 0.05) is 24.7 Å². The maximum absolute atomic E-state index is 13.5. The van der Waals surface area contributed by atoms with E-state index in [0.717, 1.165) is 12.5 Å². The van der Waals surface area contributed by atoms with Gasteiger partial charge in [-0.1, -0.05) is 6.92 Å². The summed E-state index contributed by atoms with van der Waals surface area (Å²) < 4.78 is 42.1. The standard InChI is InChI=1S/C13H19F3N2O/c1-4-5-18(8(2)3)11-7-12(19-13(15)16)9(14)6-10(11)17/h6-8,13H,4-5,17H2,1-3H3. The summed E-state index contributed by atoms with van der Waals surface area (Å²) in [6.07, 6.45) is 0.861. The van der Waals surface area contributed by atoms with Crippen LogP contribution in [0.5, 0.6) is 5.75 Å². The Bertz CT molecular complexity index is 425. The predicted molar refractivity (Wildman–Crippen MR) is 70.2 cm³/mol. The summed E-state index contributed by atoms with van der Waals surface area (Å²) in [5.41, 5.74) is 6.48. The van der Waals surface area contributed by atoms with Gasteiger partial charge in [0.2, 0.25) is 0 Å². The van der Waals surface area contributed by atoms with E-state index in [1.165, 1.54) is 6.07 Å². The van der Waals surface area contributed by atoms with Crippen LogP contribution in [0, 0.1) is 5.82 Å². The molecule has 2 N–H and O–H groups in total. The Morgan fingerprint density at radius 2 is 1.95 bits per heavy atom. The lowest BCUT2D eigenvalue weighted by Crippen LogP contribution is -2.32. The molecular formula is C13H19F3N2O. The minimum atomic E-state index is -3.07. The highest BCUT2D eigenvalue weighted by atomic mass is 19.3. The minimum absolute atomic E-state index is 0.118. The summed E-state index contributed by atoms with van der Waals surface area (Å²) in [5.74, 6) is -1.37. The molecule has 1 aromatic rings. The second-order valence-electron chi connectivity index (χ2n) is 4.51. The highest BCUT2D eigenvalue weighted by molar-refractivity contribution is 5.70. The van der Waals surface area contributed by atoms with Gasteiger partial charge in [0.15, 0.2) is 11.6 Å². The van der Waals surface area contributed by atoms with E-state index >= 15 is 0 Å². The van der Waals surface area contributed by atoms with Crippen molar-refractivity contribution >= 4 is 11.4 Å². The first-order valence-corrected chi connectivity index (χ1v) is 6.17. The molecular weight excluding hydrogens is 257 g/mol. The van der Waals surface area contributed by atoms with Crippen molar-refractivity contribution < 1.29 is 17.9 Å². The molecule has 0 aliphatic rings. The third-order valence-corrected chi connectivity index (χ3v) is 2.69. The number of ether oxygens (including phenoxy) is 1. The molecule has 0 saturated carbocycles. The number of nitrogens with two attached hydrogens (primary N) is 1. The van der Waals surface area contributed by atoms with Gasteiger partial charge in [0.05, 0.1) is 11.4 Å². The fraction of sp³-hybridized carbons (Fsp3) is 0.538. The number of benzene rings is 1. The van der Waals surface area contributed by atoms with Crippen molar-refractivity contribution in [1.82, 2.24) is 0 Å². The SMILES string of the molecule is CCCN(c1cc(OC(F)F)c(F)cc1N)C(C)C. The van der Waals surface area contributed by atoms with Crippen LogP contribution < -0.4 is 15.4 Å². The normalized spacial score (nSPS) is 11.2. The van der Waals surface area contributed by atoms with Crippen LogP contribution in [0.1, 0.15) is 27.2 Å². The third kappa shape index (κ3) is 3.94. The van der Waals surface area contributed by atoms with Crippen LogP contribution in [0.4, 0.5) is 24.5 Å². The molecule has 0 amide bonds. The molecule has 3 nitrogen and oxygen atoms in total. The number of anilines is 2. The number of hydrogen-bond donors (Lipinski definition) is 1. The lowest BCUT2D eigenvalue weighted by atomic mass is 10.2. The zero-order valence-corrected chi connectivity index (χ0v) is 11.3. The molecule has 1 rings (SSSR count). The van der Waals surface area contributed by atoms with Gasteiger partial charge in [-0.3, -0.25) is 0 Å². The summed E-state index contributed by atoms with van der Waals surface area (Å²) in [6.45, 7) is 3.52. The van der Waals surface area contributed by atoms with E-state index in [0.29, 0.717) is 12.2 Å². The van der Waals surface area contributed by atoms with Crippen molar-refractivity contribution in [3.05, 3.63) is 17.9 Å². The lowest BCUT2D eigenvalue weighted by molar-refractivity contribution is -0.0521. The Kier molecular flexibility index (Phi) is 5.32. The van der Waals surface area contributed by atoms with Crippen molar-refractivity contribution in [3.8, 4) is 5.75 Å². The monoisotopic (exact) mass is 276 g/mol. The second-order valence-corrected chi connectivity index (χ2v) is 4.51. The lowest BCUT2D eigenvalue weighted by Gasteiger charge is -2.30. The number of alkyl halides is 2. The molecule has 0 atom stereocenters. The van der Waals surface area contributed by atoms with Gasteiger partial charge in [-0.2, -0.15) is 8.78 Å². The van der Waals surface area contributed by atoms with Gasteiger partial charge in [-0.05, 0) is 20.3 Å². The van der Waals surface area contributed by atoms with E-state index in [4.69, 9.17) is 5.73 Å². The van der Waals surface area contributed by atoms with Crippen LogP contribution in [0.2, 0.25) is 0 Å². The van der Waals surface area contributed by atoms with Gasteiger partial charge < -0.3 is 15.4 Å². The van der Waals surface area contributed by atoms with Gasteiger partial charge >= 0.3 is 6.61 Å². The summed E-state index contributed by atoms with van der Waals surface area (Å²) in [7, 11) is 0. The van der Waals surface area contributed by atoms with Crippen LogP contribution in [-0.2, 0) is 0 Å². The zero-order valence-electron chi connectivity index (χ0n) is 11.3. The first-order chi connectivity index (χ1) is 8.86. The molecule has 0 bridgehead atoms. The zero-order chi connectivity index (χ0) is 14.6. The Labute approximate surface area is 111 Å². The fourth-order valence-corrected chi connectivity index (χ4v) is 1.89. The predicted octanol–water partition coefficient (Wildman–Crippen LogP) is 3.63. The van der Waals surface area contributed by atoms with E-state index in [-0.39, 0.29) is 11.7 Å². The molecule has 0 heterocycles. The fourth-order valence-electron chi connectivity index (χ4n) is 1.89. The van der Waals surface area contributed by atoms with Crippen molar-refractivity contribution in [1.29, 1.82) is 0 Å². The van der Waals surface area contributed by atoms with Crippen LogP contribution in [0.25, 0.3) is 0 Å². The number of nitrogens with zero attached hydrogens (tertiary/aromatic N) is 1. The quantitative estimate of drug-likeness (QED) is 0.806.